The Bertz CT molecular complexity index is 235. The van der Waals surface area contributed by atoms with E-state index in [1.54, 1.807) is 0 Å². The third-order valence-electron chi connectivity index (χ3n) is 3.14. The molecule has 1 aliphatic carbocycles. The standard InChI is InChI=1S/C13H22O3/c1-2-3-10-16-13(15)9-8-11-6-4-5-7-12(11)14/h11H,2-10H2,1H3. The van der Waals surface area contributed by atoms with E-state index in [0.717, 1.165) is 32.1 Å². The van der Waals surface area contributed by atoms with Crippen molar-refractivity contribution in [2.45, 2.75) is 58.3 Å². The third-order valence-corrected chi connectivity index (χ3v) is 3.14. The fraction of sp³-hybridized carbons (Fsp3) is 0.846. The maximum absolute atomic E-state index is 11.5. The Kier molecular flexibility index (Phi) is 6.12. The minimum Gasteiger partial charge on any atom is -0.466 e. The summed E-state index contributed by atoms with van der Waals surface area (Å²) in [6.45, 7) is 2.59. The molecule has 16 heavy (non-hydrogen) atoms. The van der Waals surface area contributed by atoms with Crippen molar-refractivity contribution in [3.8, 4) is 0 Å². The first-order valence-corrected chi connectivity index (χ1v) is 6.42. The highest BCUT2D eigenvalue weighted by atomic mass is 16.5. The van der Waals surface area contributed by atoms with E-state index in [2.05, 4.69) is 6.92 Å². The Hall–Kier alpha value is -0.860. The average Bonchev–Trinajstić information content (AvgIpc) is 2.28. The van der Waals surface area contributed by atoms with Crippen molar-refractivity contribution in [3.63, 3.8) is 0 Å². The molecule has 0 aromatic rings. The van der Waals surface area contributed by atoms with Crippen LogP contribution in [0.5, 0.6) is 0 Å². The van der Waals surface area contributed by atoms with Crippen molar-refractivity contribution >= 4 is 11.8 Å². The van der Waals surface area contributed by atoms with Crippen LogP contribution in [0.4, 0.5) is 0 Å². The number of rotatable bonds is 6. The van der Waals surface area contributed by atoms with E-state index in [4.69, 9.17) is 4.74 Å². The Morgan fingerprint density at radius 1 is 1.44 bits per heavy atom. The predicted octanol–water partition coefficient (Wildman–Crippen LogP) is 2.87. The first kappa shape index (κ1) is 13.2. The number of Topliss-reactive ketones (excluding diaryl/α,β-unsaturated/α-hetero) is 1. The van der Waals surface area contributed by atoms with Crippen molar-refractivity contribution in [2.24, 2.45) is 5.92 Å². The van der Waals surface area contributed by atoms with Crippen LogP contribution in [-0.4, -0.2) is 18.4 Å². The Morgan fingerprint density at radius 3 is 2.94 bits per heavy atom. The largest absolute Gasteiger partial charge is 0.466 e. The predicted molar refractivity (Wildman–Crippen MR) is 62.1 cm³/mol. The molecule has 1 unspecified atom stereocenters. The number of hydrogen-bond donors (Lipinski definition) is 0. The van der Waals surface area contributed by atoms with Crippen molar-refractivity contribution in [1.82, 2.24) is 0 Å². The van der Waals surface area contributed by atoms with E-state index in [1.165, 1.54) is 0 Å². The summed E-state index contributed by atoms with van der Waals surface area (Å²) < 4.78 is 5.06. The number of hydrogen-bond acceptors (Lipinski definition) is 3. The smallest absolute Gasteiger partial charge is 0.305 e. The van der Waals surface area contributed by atoms with Gasteiger partial charge < -0.3 is 4.74 Å². The number of ether oxygens (including phenoxy) is 1. The second-order valence-corrected chi connectivity index (χ2v) is 4.52. The molecule has 92 valence electrons. The monoisotopic (exact) mass is 226 g/mol. The molecule has 0 aromatic carbocycles. The number of esters is 1. The van der Waals surface area contributed by atoms with Crippen LogP contribution in [0.3, 0.4) is 0 Å². The van der Waals surface area contributed by atoms with Crippen molar-refractivity contribution in [2.75, 3.05) is 6.61 Å². The molecular formula is C13H22O3. The van der Waals surface area contributed by atoms with Crippen LogP contribution in [-0.2, 0) is 14.3 Å². The Labute approximate surface area is 97.5 Å². The van der Waals surface area contributed by atoms with Gasteiger partial charge in [0.15, 0.2) is 0 Å². The van der Waals surface area contributed by atoms with Crippen molar-refractivity contribution in [1.29, 1.82) is 0 Å². The molecule has 1 aliphatic rings. The Balaban J connectivity index is 2.12. The van der Waals surface area contributed by atoms with Crippen LogP contribution in [0.2, 0.25) is 0 Å². The lowest BCUT2D eigenvalue weighted by Gasteiger charge is -2.19. The van der Waals surface area contributed by atoms with Gasteiger partial charge in [-0.15, -0.1) is 0 Å². The zero-order valence-corrected chi connectivity index (χ0v) is 10.2. The molecule has 1 rings (SSSR count). The molecule has 0 aromatic heterocycles. The zero-order chi connectivity index (χ0) is 11.8. The van der Waals surface area contributed by atoms with Gasteiger partial charge in [0.05, 0.1) is 6.61 Å². The van der Waals surface area contributed by atoms with Gasteiger partial charge in [0.2, 0.25) is 0 Å². The van der Waals surface area contributed by atoms with Gasteiger partial charge in [0.1, 0.15) is 5.78 Å². The van der Waals surface area contributed by atoms with Crippen LogP contribution in [0.1, 0.15) is 58.3 Å². The average molecular weight is 226 g/mol. The molecule has 1 saturated carbocycles. The van der Waals surface area contributed by atoms with E-state index in [-0.39, 0.29) is 11.9 Å². The van der Waals surface area contributed by atoms with Gasteiger partial charge in [-0.25, -0.2) is 0 Å². The van der Waals surface area contributed by atoms with E-state index in [0.29, 0.717) is 31.7 Å². The summed E-state index contributed by atoms with van der Waals surface area (Å²) in [5.74, 6) is 0.312. The van der Waals surface area contributed by atoms with Gasteiger partial charge in [-0.2, -0.15) is 0 Å². The lowest BCUT2D eigenvalue weighted by molar-refractivity contribution is -0.144. The molecule has 0 heterocycles. The van der Waals surface area contributed by atoms with Gasteiger partial charge in [-0.3, -0.25) is 9.59 Å². The third kappa shape index (κ3) is 4.77. The molecule has 0 radical (unpaired) electrons. The van der Waals surface area contributed by atoms with Gasteiger partial charge in [0, 0.05) is 18.8 Å². The molecule has 0 aliphatic heterocycles. The summed E-state index contributed by atoms with van der Waals surface area (Å²) >= 11 is 0. The summed E-state index contributed by atoms with van der Waals surface area (Å²) in [5.41, 5.74) is 0. The van der Waals surface area contributed by atoms with Gasteiger partial charge in [0.25, 0.3) is 0 Å². The Morgan fingerprint density at radius 2 is 2.25 bits per heavy atom. The highest BCUT2D eigenvalue weighted by Gasteiger charge is 2.22. The lowest BCUT2D eigenvalue weighted by atomic mass is 9.85. The van der Waals surface area contributed by atoms with E-state index in [9.17, 15) is 9.59 Å². The number of unbranched alkanes of at least 4 members (excludes halogenated alkanes) is 1. The number of carbonyl (C=O) groups excluding carboxylic acids is 2. The second kappa shape index (κ2) is 7.42. The zero-order valence-electron chi connectivity index (χ0n) is 10.2. The lowest BCUT2D eigenvalue weighted by Crippen LogP contribution is -2.20. The van der Waals surface area contributed by atoms with Gasteiger partial charge in [-0.05, 0) is 25.7 Å². The van der Waals surface area contributed by atoms with E-state index in [1.807, 2.05) is 0 Å². The topological polar surface area (TPSA) is 43.4 Å². The first-order valence-electron chi connectivity index (χ1n) is 6.42. The molecule has 1 atom stereocenters. The SMILES string of the molecule is CCCCOC(=O)CCC1CCCCC1=O. The maximum atomic E-state index is 11.5. The second-order valence-electron chi connectivity index (χ2n) is 4.52. The highest BCUT2D eigenvalue weighted by molar-refractivity contribution is 5.82. The number of carbonyl (C=O) groups is 2. The maximum Gasteiger partial charge on any atom is 0.305 e. The summed E-state index contributed by atoms with van der Waals surface area (Å²) in [6, 6.07) is 0. The quantitative estimate of drug-likeness (QED) is 0.516. The van der Waals surface area contributed by atoms with Crippen LogP contribution in [0, 0.1) is 5.92 Å². The first-order chi connectivity index (χ1) is 7.74. The van der Waals surface area contributed by atoms with Crippen LogP contribution in [0.25, 0.3) is 0 Å². The highest BCUT2D eigenvalue weighted by Crippen LogP contribution is 2.24. The van der Waals surface area contributed by atoms with E-state index < -0.39 is 0 Å². The van der Waals surface area contributed by atoms with Crippen molar-refractivity contribution in [3.05, 3.63) is 0 Å². The van der Waals surface area contributed by atoms with Gasteiger partial charge in [-0.1, -0.05) is 19.8 Å². The van der Waals surface area contributed by atoms with E-state index >= 15 is 0 Å². The fourth-order valence-electron chi connectivity index (χ4n) is 2.05. The summed E-state index contributed by atoms with van der Waals surface area (Å²) in [5, 5.41) is 0. The summed E-state index contributed by atoms with van der Waals surface area (Å²) in [4.78, 5) is 22.8. The van der Waals surface area contributed by atoms with Crippen LogP contribution < -0.4 is 0 Å². The van der Waals surface area contributed by atoms with Crippen molar-refractivity contribution < 1.29 is 14.3 Å². The molecule has 0 amide bonds. The minimum absolute atomic E-state index is 0.118. The molecule has 1 fully saturated rings. The summed E-state index contributed by atoms with van der Waals surface area (Å²) in [7, 11) is 0. The molecular weight excluding hydrogens is 204 g/mol. The molecule has 3 heteroatoms. The molecule has 0 bridgehead atoms. The molecule has 0 saturated heterocycles. The molecule has 0 spiro atoms. The molecule has 0 N–H and O–H groups in total. The number of ketones is 1. The summed E-state index contributed by atoms with van der Waals surface area (Å²) in [6.07, 6.45) is 6.86. The normalized spacial score (nSPS) is 20.8. The van der Waals surface area contributed by atoms with Gasteiger partial charge >= 0.3 is 5.97 Å². The minimum atomic E-state index is -0.146. The fourth-order valence-corrected chi connectivity index (χ4v) is 2.05. The molecule has 3 nitrogen and oxygen atoms in total. The van der Waals surface area contributed by atoms with Crippen LogP contribution in [0.15, 0.2) is 0 Å². The van der Waals surface area contributed by atoms with Crippen LogP contribution >= 0.6 is 0 Å².